The van der Waals surface area contributed by atoms with E-state index < -0.39 is 0 Å². The Balaban J connectivity index is 2.28. The summed E-state index contributed by atoms with van der Waals surface area (Å²) in [4.78, 5) is 2.92. The van der Waals surface area contributed by atoms with Gasteiger partial charge in [0.2, 0.25) is 0 Å². The lowest BCUT2D eigenvalue weighted by Gasteiger charge is -2.51. The SMILES string of the molecule is COc1ccc(CN[C@@H]2CCCC[C@H]2N(Cc2ccc(OC)c(OC)c2)C(/C=C(\C)CCC=C(C)C)(CC=C(C)CCC=C(C)CCC=C(C)C)C/C=C(\C)CCC=C(C)C)cc1OC. The monoisotopic (exact) mass is 891 g/mol. The summed E-state index contributed by atoms with van der Waals surface area (Å²) in [6.07, 6.45) is 32.5. The van der Waals surface area contributed by atoms with Crippen LogP contribution in [0.4, 0.5) is 0 Å². The van der Waals surface area contributed by atoms with Crippen molar-refractivity contribution in [2.75, 3.05) is 28.4 Å². The van der Waals surface area contributed by atoms with E-state index in [0.29, 0.717) is 0 Å². The van der Waals surface area contributed by atoms with E-state index in [0.717, 1.165) is 113 Å². The van der Waals surface area contributed by atoms with Gasteiger partial charge in [-0.2, -0.15) is 0 Å². The fourth-order valence-electron chi connectivity index (χ4n) is 9.11. The number of nitrogens with zero attached hydrogens (tertiary/aromatic N) is 1. The van der Waals surface area contributed by atoms with Gasteiger partial charge in [0.1, 0.15) is 0 Å². The summed E-state index contributed by atoms with van der Waals surface area (Å²) >= 11 is 0. The molecule has 65 heavy (non-hydrogen) atoms. The molecule has 1 N–H and O–H groups in total. The first kappa shape index (κ1) is 55.1. The number of nitrogens with one attached hydrogen (secondary N) is 1. The topological polar surface area (TPSA) is 52.2 Å². The van der Waals surface area contributed by atoms with E-state index in [2.05, 4.69) is 152 Å². The van der Waals surface area contributed by atoms with Gasteiger partial charge < -0.3 is 24.3 Å². The highest BCUT2D eigenvalue weighted by molar-refractivity contribution is 5.44. The predicted octanol–water partition coefficient (Wildman–Crippen LogP) is 15.9. The molecule has 1 aliphatic carbocycles. The quantitative estimate of drug-likeness (QED) is 0.0859. The highest BCUT2D eigenvalue weighted by Crippen LogP contribution is 2.40. The average Bonchev–Trinajstić information content (AvgIpc) is 3.28. The Morgan fingerprint density at radius 1 is 0.538 bits per heavy atom. The van der Waals surface area contributed by atoms with Crippen LogP contribution in [0.1, 0.15) is 170 Å². The lowest BCUT2D eigenvalue weighted by molar-refractivity contribution is 0.0300. The smallest absolute Gasteiger partial charge is 0.161 e. The summed E-state index contributed by atoms with van der Waals surface area (Å²) < 4.78 is 23.0. The minimum Gasteiger partial charge on any atom is -0.493 e. The molecule has 0 aliphatic heterocycles. The largest absolute Gasteiger partial charge is 0.493 e. The number of ether oxygens (including phenoxy) is 4. The molecule has 0 saturated heterocycles. The van der Waals surface area contributed by atoms with E-state index >= 15 is 0 Å². The van der Waals surface area contributed by atoms with E-state index in [9.17, 15) is 0 Å². The van der Waals surface area contributed by atoms with Gasteiger partial charge in [-0.3, -0.25) is 4.90 Å². The maximum Gasteiger partial charge on any atom is 0.161 e. The fraction of sp³-hybridized carbons (Fsp3) is 0.559. The Morgan fingerprint density at radius 2 is 0.969 bits per heavy atom. The molecular weight excluding hydrogens is 801 g/mol. The molecular formula is C59H90N2O4. The van der Waals surface area contributed by atoms with Gasteiger partial charge in [-0.05, 0) is 182 Å². The molecule has 1 aliphatic rings. The summed E-state index contributed by atoms with van der Waals surface area (Å²) in [5.74, 6) is 3.04. The summed E-state index contributed by atoms with van der Waals surface area (Å²) in [6.45, 7) is 24.1. The van der Waals surface area contributed by atoms with Crippen molar-refractivity contribution in [1.82, 2.24) is 10.2 Å². The molecule has 6 heteroatoms. The summed E-state index contributed by atoms with van der Waals surface area (Å²) in [5, 5.41) is 4.12. The Bertz CT molecular complexity index is 1970. The van der Waals surface area contributed by atoms with Gasteiger partial charge >= 0.3 is 0 Å². The molecule has 2 aromatic rings. The van der Waals surface area contributed by atoms with Crippen LogP contribution in [0.25, 0.3) is 0 Å². The molecule has 0 heterocycles. The van der Waals surface area contributed by atoms with Gasteiger partial charge in [0.05, 0.1) is 28.4 Å². The van der Waals surface area contributed by atoms with E-state index in [1.807, 2.05) is 6.07 Å². The standard InChI is InChI=1S/C59H90N2O4/c1-44(2)21-17-24-47(7)26-20-27-49(9)36-38-59(41-50(10)28-19-23-46(5)6,37-35-48(8)25-18-22-45(3)4)61(43-52-32-34-56(63-12)58(40-52)65-14)54-30-16-15-29-53(54)60-42-51-31-33-55(62-11)57(39-51)64-13/h21-23,26,31-36,39-41,53-54,60H,15-20,24-25,27-30,37-38,42-43H2,1-14H3/b47-26?,48-35+,49-36?,50-41+/t53-,54-,59?/m1/s1. The molecule has 3 rings (SSSR count). The highest BCUT2D eigenvalue weighted by atomic mass is 16.5. The maximum absolute atomic E-state index is 5.94. The number of methoxy groups -OCH3 is 4. The van der Waals surface area contributed by atoms with Crippen LogP contribution < -0.4 is 24.3 Å². The average molecular weight is 891 g/mol. The molecule has 6 nitrogen and oxygen atoms in total. The van der Waals surface area contributed by atoms with Crippen molar-refractivity contribution >= 4 is 0 Å². The maximum atomic E-state index is 5.94. The second-order valence-electron chi connectivity index (χ2n) is 19.5. The van der Waals surface area contributed by atoms with Crippen LogP contribution >= 0.6 is 0 Å². The van der Waals surface area contributed by atoms with E-state index in [-0.39, 0.29) is 17.6 Å². The molecule has 0 amide bonds. The van der Waals surface area contributed by atoms with E-state index in [1.165, 1.54) is 63.0 Å². The number of hydrogen-bond donors (Lipinski definition) is 1. The number of hydrogen-bond acceptors (Lipinski definition) is 6. The molecule has 0 bridgehead atoms. The van der Waals surface area contributed by atoms with Crippen molar-refractivity contribution in [3.05, 3.63) is 129 Å². The van der Waals surface area contributed by atoms with Crippen LogP contribution in [0.5, 0.6) is 23.0 Å². The van der Waals surface area contributed by atoms with Crippen molar-refractivity contribution < 1.29 is 18.9 Å². The van der Waals surface area contributed by atoms with Crippen LogP contribution in [0.3, 0.4) is 0 Å². The molecule has 1 fully saturated rings. The van der Waals surface area contributed by atoms with Gasteiger partial charge in [0.25, 0.3) is 0 Å². The zero-order valence-electron chi connectivity index (χ0n) is 43.6. The van der Waals surface area contributed by atoms with Crippen molar-refractivity contribution in [2.24, 2.45) is 0 Å². The second kappa shape index (κ2) is 29.4. The van der Waals surface area contributed by atoms with Gasteiger partial charge in [-0.15, -0.1) is 0 Å². The Kier molecular flexibility index (Phi) is 24.9. The predicted molar refractivity (Wildman–Crippen MR) is 280 cm³/mol. The molecule has 1 saturated carbocycles. The van der Waals surface area contributed by atoms with Crippen molar-refractivity contribution in [3.8, 4) is 23.0 Å². The van der Waals surface area contributed by atoms with Crippen molar-refractivity contribution in [2.45, 2.75) is 190 Å². The molecule has 3 atom stereocenters. The van der Waals surface area contributed by atoms with Crippen LogP contribution in [0, 0.1) is 0 Å². The molecule has 0 radical (unpaired) electrons. The number of allylic oxidation sites excluding steroid dienone is 11. The van der Waals surface area contributed by atoms with Gasteiger partial charge in [-0.1, -0.05) is 107 Å². The fourth-order valence-corrected chi connectivity index (χ4v) is 9.11. The summed E-state index contributed by atoms with van der Waals surface area (Å²) in [5.41, 5.74) is 12.1. The molecule has 2 aromatic carbocycles. The Labute approximate surface area is 398 Å². The van der Waals surface area contributed by atoms with E-state index in [1.54, 1.807) is 28.4 Å². The minimum atomic E-state index is -0.303. The zero-order valence-corrected chi connectivity index (χ0v) is 43.6. The first-order valence-corrected chi connectivity index (χ1v) is 24.6. The highest BCUT2D eigenvalue weighted by Gasteiger charge is 2.41. The lowest BCUT2D eigenvalue weighted by Crippen LogP contribution is -2.59. The molecule has 0 aromatic heterocycles. The Hall–Kier alpha value is -4.26. The summed E-state index contributed by atoms with van der Waals surface area (Å²) in [6, 6.07) is 13.4. The van der Waals surface area contributed by atoms with Crippen LogP contribution in [0.15, 0.2) is 118 Å². The van der Waals surface area contributed by atoms with E-state index in [4.69, 9.17) is 18.9 Å². The van der Waals surface area contributed by atoms with Gasteiger partial charge in [0, 0.05) is 30.7 Å². The van der Waals surface area contributed by atoms with Crippen molar-refractivity contribution in [3.63, 3.8) is 0 Å². The number of benzene rings is 2. The third-order valence-corrected chi connectivity index (χ3v) is 12.9. The first-order chi connectivity index (χ1) is 31.1. The molecule has 0 spiro atoms. The normalized spacial score (nSPS) is 17.0. The lowest BCUT2D eigenvalue weighted by atomic mass is 9.79. The second-order valence-corrected chi connectivity index (χ2v) is 19.5. The van der Waals surface area contributed by atoms with Crippen LogP contribution in [0.2, 0.25) is 0 Å². The summed E-state index contributed by atoms with van der Waals surface area (Å²) in [7, 11) is 6.87. The molecule has 360 valence electrons. The van der Waals surface area contributed by atoms with Crippen LogP contribution in [-0.2, 0) is 13.1 Å². The third kappa shape index (κ3) is 19.6. The molecule has 1 unspecified atom stereocenters. The van der Waals surface area contributed by atoms with Crippen LogP contribution in [-0.4, -0.2) is 51.0 Å². The third-order valence-electron chi connectivity index (χ3n) is 12.9. The van der Waals surface area contributed by atoms with Crippen molar-refractivity contribution in [1.29, 1.82) is 0 Å². The number of rotatable bonds is 28. The van der Waals surface area contributed by atoms with Gasteiger partial charge in [-0.25, -0.2) is 0 Å². The Morgan fingerprint density at radius 3 is 1.46 bits per heavy atom. The van der Waals surface area contributed by atoms with Gasteiger partial charge in [0.15, 0.2) is 23.0 Å². The first-order valence-electron chi connectivity index (χ1n) is 24.6. The minimum absolute atomic E-state index is 0.276. The zero-order chi connectivity index (χ0) is 47.8.